The van der Waals surface area contributed by atoms with E-state index in [0.717, 1.165) is 5.69 Å². The fraction of sp³-hybridized carbons (Fsp3) is 0.200. The van der Waals surface area contributed by atoms with Crippen molar-refractivity contribution in [3.63, 3.8) is 0 Å². The molecule has 0 saturated carbocycles. The first-order chi connectivity index (χ1) is 15.3. The second kappa shape index (κ2) is 7.56. The van der Waals surface area contributed by atoms with Crippen LogP contribution in [0.2, 0.25) is 0 Å². The molecule has 0 amide bonds. The molecule has 0 unspecified atom stereocenters. The molecule has 5 rings (SSSR count). The highest BCUT2D eigenvalue weighted by atomic mass is 15.0. The SMILES string of the molecule is Cc1cc(C(C)(C)C)cc(C)c1Nc1ccc2c3ccccc3n(-c3ccccc3)c2c1. The molecule has 0 atom stereocenters. The van der Waals surface area contributed by atoms with Gasteiger partial charge in [0.05, 0.1) is 11.0 Å². The summed E-state index contributed by atoms with van der Waals surface area (Å²) < 4.78 is 2.36. The number of hydrogen-bond donors (Lipinski definition) is 1. The average molecular weight is 419 g/mol. The van der Waals surface area contributed by atoms with Crippen molar-refractivity contribution in [2.75, 3.05) is 5.32 Å². The van der Waals surface area contributed by atoms with Crippen LogP contribution in [0.25, 0.3) is 27.5 Å². The molecule has 4 aromatic carbocycles. The van der Waals surface area contributed by atoms with Gasteiger partial charge in [-0.3, -0.25) is 0 Å². The lowest BCUT2D eigenvalue weighted by Gasteiger charge is -2.23. The summed E-state index contributed by atoms with van der Waals surface area (Å²) in [5, 5.41) is 6.27. The summed E-state index contributed by atoms with van der Waals surface area (Å²) >= 11 is 0. The molecule has 1 heterocycles. The number of para-hydroxylation sites is 2. The lowest BCUT2D eigenvalue weighted by Crippen LogP contribution is -2.12. The molecule has 0 bridgehead atoms. The summed E-state index contributed by atoms with van der Waals surface area (Å²) in [5.74, 6) is 0. The van der Waals surface area contributed by atoms with Gasteiger partial charge in [-0.25, -0.2) is 0 Å². The fourth-order valence-corrected chi connectivity index (χ4v) is 4.64. The van der Waals surface area contributed by atoms with Crippen LogP contribution in [0.1, 0.15) is 37.5 Å². The van der Waals surface area contributed by atoms with Crippen LogP contribution in [0.3, 0.4) is 0 Å². The standard InChI is InChI=1S/C30H30N2/c1-20-17-22(30(3,4)5)18-21(2)29(20)31-23-15-16-26-25-13-9-10-14-27(25)32(28(26)19-23)24-11-7-6-8-12-24/h6-19,31H,1-5H3. The highest BCUT2D eigenvalue weighted by molar-refractivity contribution is 6.10. The van der Waals surface area contributed by atoms with Crippen molar-refractivity contribution in [3.8, 4) is 5.69 Å². The Hall–Kier alpha value is -3.52. The topological polar surface area (TPSA) is 17.0 Å². The third-order valence-electron chi connectivity index (χ3n) is 6.36. The number of nitrogens with zero attached hydrogens (tertiary/aromatic N) is 1. The summed E-state index contributed by atoms with van der Waals surface area (Å²) in [5.41, 5.74) is 9.99. The van der Waals surface area contributed by atoms with Crippen molar-refractivity contribution in [1.29, 1.82) is 0 Å². The van der Waals surface area contributed by atoms with E-state index >= 15 is 0 Å². The summed E-state index contributed by atoms with van der Waals surface area (Å²) in [4.78, 5) is 0. The Morgan fingerprint density at radius 3 is 1.97 bits per heavy atom. The Balaban J connectivity index is 1.66. The number of anilines is 2. The third kappa shape index (κ3) is 3.46. The van der Waals surface area contributed by atoms with Gasteiger partial charge in [0.25, 0.3) is 0 Å². The smallest absolute Gasteiger partial charge is 0.0561 e. The fourth-order valence-electron chi connectivity index (χ4n) is 4.64. The van der Waals surface area contributed by atoms with E-state index in [-0.39, 0.29) is 5.41 Å². The summed E-state index contributed by atoms with van der Waals surface area (Å²) in [6.45, 7) is 11.2. The molecule has 2 nitrogen and oxygen atoms in total. The molecule has 32 heavy (non-hydrogen) atoms. The molecular formula is C30H30N2. The molecule has 0 aliphatic carbocycles. The van der Waals surface area contributed by atoms with Crippen LogP contribution >= 0.6 is 0 Å². The first-order valence-electron chi connectivity index (χ1n) is 11.3. The number of aryl methyl sites for hydroxylation is 2. The predicted octanol–water partition coefficient (Wildman–Crippen LogP) is 8.44. The van der Waals surface area contributed by atoms with Crippen molar-refractivity contribution < 1.29 is 0 Å². The molecule has 0 aliphatic heterocycles. The molecule has 2 heteroatoms. The normalized spacial score (nSPS) is 11.9. The Kier molecular flexibility index (Phi) is 4.82. The van der Waals surface area contributed by atoms with Crippen molar-refractivity contribution in [2.45, 2.75) is 40.0 Å². The van der Waals surface area contributed by atoms with Gasteiger partial charge in [-0.2, -0.15) is 0 Å². The highest BCUT2D eigenvalue weighted by Gasteiger charge is 2.17. The first kappa shape index (κ1) is 20.4. The van der Waals surface area contributed by atoms with E-state index in [4.69, 9.17) is 0 Å². The van der Waals surface area contributed by atoms with E-state index in [1.807, 2.05) is 0 Å². The Morgan fingerprint density at radius 1 is 0.656 bits per heavy atom. The molecule has 1 N–H and O–H groups in total. The van der Waals surface area contributed by atoms with E-state index in [1.165, 1.54) is 49.9 Å². The quantitative estimate of drug-likeness (QED) is 0.311. The monoisotopic (exact) mass is 418 g/mol. The maximum absolute atomic E-state index is 3.72. The third-order valence-corrected chi connectivity index (χ3v) is 6.36. The molecule has 0 aliphatic rings. The molecule has 0 spiro atoms. The molecule has 0 radical (unpaired) electrons. The van der Waals surface area contributed by atoms with Gasteiger partial charge in [-0.1, -0.05) is 75.4 Å². The van der Waals surface area contributed by atoms with Crippen LogP contribution < -0.4 is 5.32 Å². The maximum atomic E-state index is 3.72. The van der Waals surface area contributed by atoms with Gasteiger partial charge in [-0.15, -0.1) is 0 Å². The number of aromatic nitrogens is 1. The van der Waals surface area contributed by atoms with Crippen LogP contribution in [0.5, 0.6) is 0 Å². The van der Waals surface area contributed by atoms with Crippen LogP contribution in [0, 0.1) is 13.8 Å². The Morgan fingerprint density at radius 2 is 1.28 bits per heavy atom. The number of nitrogens with one attached hydrogen (secondary N) is 1. The van der Waals surface area contributed by atoms with Crippen molar-refractivity contribution in [1.82, 2.24) is 4.57 Å². The van der Waals surface area contributed by atoms with Gasteiger partial charge >= 0.3 is 0 Å². The van der Waals surface area contributed by atoms with Crippen molar-refractivity contribution in [3.05, 3.63) is 102 Å². The lowest BCUT2D eigenvalue weighted by molar-refractivity contribution is 0.589. The van der Waals surface area contributed by atoms with Crippen molar-refractivity contribution >= 4 is 33.2 Å². The molecule has 160 valence electrons. The van der Waals surface area contributed by atoms with E-state index in [2.05, 4.69) is 129 Å². The number of hydrogen-bond acceptors (Lipinski definition) is 1. The summed E-state index contributed by atoms with van der Waals surface area (Å²) in [6, 6.07) is 30.6. The van der Waals surface area contributed by atoms with Crippen LogP contribution in [-0.4, -0.2) is 4.57 Å². The molecule has 5 aromatic rings. The summed E-state index contributed by atoms with van der Waals surface area (Å²) in [7, 11) is 0. The highest BCUT2D eigenvalue weighted by Crippen LogP contribution is 2.36. The minimum atomic E-state index is 0.142. The maximum Gasteiger partial charge on any atom is 0.0561 e. The Bertz CT molecular complexity index is 1410. The van der Waals surface area contributed by atoms with Gasteiger partial charge in [0, 0.05) is 27.8 Å². The molecule has 0 fully saturated rings. The van der Waals surface area contributed by atoms with Gasteiger partial charge in [0.1, 0.15) is 0 Å². The van der Waals surface area contributed by atoms with E-state index in [0.29, 0.717) is 0 Å². The molecule has 0 saturated heterocycles. The van der Waals surface area contributed by atoms with Gasteiger partial charge in [0.15, 0.2) is 0 Å². The van der Waals surface area contributed by atoms with Crippen LogP contribution in [0.15, 0.2) is 84.9 Å². The largest absolute Gasteiger partial charge is 0.355 e. The number of benzene rings is 4. The minimum Gasteiger partial charge on any atom is -0.355 e. The van der Waals surface area contributed by atoms with Crippen molar-refractivity contribution in [2.24, 2.45) is 0 Å². The van der Waals surface area contributed by atoms with E-state index < -0.39 is 0 Å². The zero-order valence-electron chi connectivity index (χ0n) is 19.5. The van der Waals surface area contributed by atoms with Gasteiger partial charge < -0.3 is 9.88 Å². The second-order valence-electron chi connectivity index (χ2n) is 9.78. The van der Waals surface area contributed by atoms with Gasteiger partial charge in [-0.05, 0) is 66.3 Å². The second-order valence-corrected chi connectivity index (χ2v) is 9.78. The van der Waals surface area contributed by atoms with Crippen LogP contribution in [0.4, 0.5) is 11.4 Å². The van der Waals surface area contributed by atoms with Crippen LogP contribution in [-0.2, 0) is 5.41 Å². The average Bonchev–Trinajstić information content (AvgIpc) is 3.09. The predicted molar refractivity (Wildman–Crippen MR) is 139 cm³/mol. The molecule has 1 aromatic heterocycles. The zero-order valence-corrected chi connectivity index (χ0v) is 19.5. The number of rotatable bonds is 3. The van der Waals surface area contributed by atoms with E-state index in [9.17, 15) is 0 Å². The Labute approximate surface area is 190 Å². The molecular weight excluding hydrogens is 388 g/mol. The number of fused-ring (bicyclic) bond motifs is 3. The summed E-state index contributed by atoms with van der Waals surface area (Å²) in [6.07, 6.45) is 0. The minimum absolute atomic E-state index is 0.142. The first-order valence-corrected chi connectivity index (χ1v) is 11.3. The van der Waals surface area contributed by atoms with Gasteiger partial charge in [0.2, 0.25) is 0 Å². The van der Waals surface area contributed by atoms with E-state index in [1.54, 1.807) is 0 Å². The zero-order chi connectivity index (χ0) is 22.5. The lowest BCUT2D eigenvalue weighted by atomic mass is 9.85.